The third-order valence-corrected chi connectivity index (χ3v) is 2.49. The van der Waals surface area contributed by atoms with Crippen LogP contribution in [0, 0.1) is 0 Å². The number of nitrogens with two attached hydrogens (primary N) is 1. The fourth-order valence-corrected chi connectivity index (χ4v) is 1.59. The second-order valence-corrected chi connectivity index (χ2v) is 4.28. The van der Waals surface area contributed by atoms with Crippen molar-refractivity contribution in [1.82, 2.24) is 0 Å². The van der Waals surface area contributed by atoms with E-state index in [1.54, 1.807) is 0 Å². The molecule has 0 unspecified atom stereocenters. The highest BCUT2D eigenvalue weighted by molar-refractivity contribution is 5.83. The molecule has 0 saturated heterocycles. The van der Waals surface area contributed by atoms with E-state index in [4.69, 9.17) is 5.73 Å². The Bertz CT molecular complexity index is 452. The third kappa shape index (κ3) is 1.64. The molecule has 2 aromatic rings. The Labute approximate surface area is 84.5 Å². The number of hydrogen-bond acceptors (Lipinski definition) is 1. The summed E-state index contributed by atoms with van der Waals surface area (Å²) < 4.78 is 0. The van der Waals surface area contributed by atoms with Crippen LogP contribution in [0.1, 0.15) is 19.4 Å². The summed E-state index contributed by atoms with van der Waals surface area (Å²) in [5, 5.41) is 2.52. The van der Waals surface area contributed by atoms with Gasteiger partial charge < -0.3 is 5.73 Å². The SMILES string of the molecule is CC(C)(N)c1ccc2ccccc2c1. The van der Waals surface area contributed by atoms with E-state index in [2.05, 4.69) is 42.5 Å². The molecule has 0 aliphatic rings. The second-order valence-electron chi connectivity index (χ2n) is 4.28. The van der Waals surface area contributed by atoms with E-state index in [9.17, 15) is 0 Å². The van der Waals surface area contributed by atoms with E-state index in [1.165, 1.54) is 16.3 Å². The highest BCUT2D eigenvalue weighted by atomic mass is 14.7. The highest BCUT2D eigenvalue weighted by Gasteiger charge is 2.13. The molecule has 1 nitrogen and oxygen atoms in total. The van der Waals surface area contributed by atoms with E-state index in [1.807, 2.05) is 13.8 Å². The summed E-state index contributed by atoms with van der Waals surface area (Å²) in [5.41, 5.74) is 6.96. The van der Waals surface area contributed by atoms with Crippen molar-refractivity contribution in [1.29, 1.82) is 0 Å². The normalized spacial score (nSPS) is 11.9. The fraction of sp³-hybridized carbons (Fsp3) is 0.231. The Morgan fingerprint density at radius 1 is 0.929 bits per heavy atom. The molecule has 72 valence electrons. The summed E-state index contributed by atoms with van der Waals surface area (Å²) in [7, 11) is 0. The topological polar surface area (TPSA) is 26.0 Å². The van der Waals surface area contributed by atoms with Gasteiger partial charge in [0.05, 0.1) is 0 Å². The second kappa shape index (κ2) is 3.10. The largest absolute Gasteiger partial charge is 0.322 e. The zero-order chi connectivity index (χ0) is 10.2. The summed E-state index contributed by atoms with van der Waals surface area (Å²) in [6, 6.07) is 14.7. The molecule has 0 bridgehead atoms. The van der Waals surface area contributed by atoms with Crippen LogP contribution in [0.15, 0.2) is 42.5 Å². The van der Waals surface area contributed by atoms with Gasteiger partial charge in [-0.05, 0) is 36.2 Å². The van der Waals surface area contributed by atoms with Gasteiger partial charge in [0.2, 0.25) is 0 Å². The highest BCUT2D eigenvalue weighted by Crippen LogP contribution is 2.22. The van der Waals surface area contributed by atoms with Gasteiger partial charge in [0.25, 0.3) is 0 Å². The number of hydrogen-bond donors (Lipinski definition) is 1. The monoisotopic (exact) mass is 185 g/mol. The fourth-order valence-electron chi connectivity index (χ4n) is 1.59. The lowest BCUT2D eigenvalue weighted by Crippen LogP contribution is -2.28. The van der Waals surface area contributed by atoms with Crippen molar-refractivity contribution in [3.05, 3.63) is 48.0 Å². The molecular formula is C13H15N. The molecule has 0 heterocycles. The first-order valence-corrected chi connectivity index (χ1v) is 4.85. The van der Waals surface area contributed by atoms with Gasteiger partial charge in [-0.1, -0.05) is 36.4 Å². The summed E-state index contributed by atoms with van der Waals surface area (Å²) in [4.78, 5) is 0. The van der Waals surface area contributed by atoms with Crippen molar-refractivity contribution in [3.8, 4) is 0 Å². The van der Waals surface area contributed by atoms with Crippen molar-refractivity contribution in [2.24, 2.45) is 5.73 Å². The molecule has 2 aromatic carbocycles. The van der Waals surface area contributed by atoms with Crippen molar-refractivity contribution >= 4 is 10.8 Å². The van der Waals surface area contributed by atoms with Crippen LogP contribution < -0.4 is 5.73 Å². The molecule has 0 aliphatic carbocycles. The van der Waals surface area contributed by atoms with Gasteiger partial charge in [0, 0.05) is 5.54 Å². The molecule has 0 amide bonds. The summed E-state index contributed by atoms with van der Waals surface area (Å²) in [6.07, 6.45) is 0. The number of benzene rings is 2. The van der Waals surface area contributed by atoms with Crippen LogP contribution in [0.4, 0.5) is 0 Å². The van der Waals surface area contributed by atoms with Crippen LogP contribution in [0.25, 0.3) is 10.8 Å². The Morgan fingerprint density at radius 3 is 2.21 bits per heavy atom. The summed E-state index contributed by atoms with van der Waals surface area (Å²) >= 11 is 0. The Balaban J connectivity index is 2.63. The molecule has 0 saturated carbocycles. The molecule has 0 radical (unpaired) electrons. The molecule has 14 heavy (non-hydrogen) atoms. The minimum atomic E-state index is -0.260. The van der Waals surface area contributed by atoms with Gasteiger partial charge in [-0.15, -0.1) is 0 Å². The lowest BCUT2D eigenvalue weighted by atomic mass is 9.93. The zero-order valence-corrected chi connectivity index (χ0v) is 8.62. The van der Waals surface area contributed by atoms with E-state index in [-0.39, 0.29) is 5.54 Å². The van der Waals surface area contributed by atoms with Gasteiger partial charge in [0.1, 0.15) is 0 Å². The molecule has 0 atom stereocenters. The maximum atomic E-state index is 6.05. The van der Waals surface area contributed by atoms with E-state index in [0.29, 0.717) is 0 Å². The predicted molar refractivity (Wildman–Crippen MR) is 61.2 cm³/mol. The minimum Gasteiger partial charge on any atom is -0.322 e. The van der Waals surface area contributed by atoms with Gasteiger partial charge in [-0.2, -0.15) is 0 Å². The van der Waals surface area contributed by atoms with Gasteiger partial charge in [-0.25, -0.2) is 0 Å². The molecule has 0 aliphatic heterocycles. The van der Waals surface area contributed by atoms with Crippen LogP contribution in [0.2, 0.25) is 0 Å². The maximum absolute atomic E-state index is 6.05. The van der Waals surface area contributed by atoms with Crippen LogP contribution in [-0.4, -0.2) is 0 Å². The molecular weight excluding hydrogens is 170 g/mol. The quantitative estimate of drug-likeness (QED) is 0.726. The van der Waals surface area contributed by atoms with Gasteiger partial charge >= 0.3 is 0 Å². The maximum Gasteiger partial charge on any atom is 0.0352 e. The Hall–Kier alpha value is -1.34. The Morgan fingerprint density at radius 2 is 1.57 bits per heavy atom. The van der Waals surface area contributed by atoms with Gasteiger partial charge in [0.15, 0.2) is 0 Å². The average molecular weight is 185 g/mol. The smallest absolute Gasteiger partial charge is 0.0352 e. The van der Waals surface area contributed by atoms with Crippen LogP contribution in [0.3, 0.4) is 0 Å². The van der Waals surface area contributed by atoms with E-state index >= 15 is 0 Å². The standard InChI is InChI=1S/C13H15N/c1-13(2,14)12-8-7-10-5-3-4-6-11(10)9-12/h3-9H,14H2,1-2H3. The summed E-state index contributed by atoms with van der Waals surface area (Å²) in [5.74, 6) is 0. The van der Waals surface area contributed by atoms with Crippen molar-refractivity contribution in [2.45, 2.75) is 19.4 Å². The first-order chi connectivity index (χ1) is 6.57. The molecule has 1 heteroatoms. The van der Waals surface area contributed by atoms with Crippen LogP contribution in [0.5, 0.6) is 0 Å². The first-order valence-electron chi connectivity index (χ1n) is 4.85. The molecule has 2 rings (SSSR count). The van der Waals surface area contributed by atoms with Crippen molar-refractivity contribution in [3.63, 3.8) is 0 Å². The van der Waals surface area contributed by atoms with Crippen LogP contribution >= 0.6 is 0 Å². The first kappa shape index (κ1) is 9.22. The predicted octanol–water partition coefficient (Wildman–Crippen LogP) is 3.03. The summed E-state index contributed by atoms with van der Waals surface area (Å²) in [6.45, 7) is 4.05. The van der Waals surface area contributed by atoms with Crippen molar-refractivity contribution in [2.75, 3.05) is 0 Å². The number of rotatable bonds is 1. The van der Waals surface area contributed by atoms with Gasteiger partial charge in [-0.3, -0.25) is 0 Å². The molecule has 2 N–H and O–H groups in total. The molecule has 0 fully saturated rings. The lowest BCUT2D eigenvalue weighted by Gasteiger charge is -2.19. The zero-order valence-electron chi connectivity index (χ0n) is 8.62. The van der Waals surface area contributed by atoms with Crippen molar-refractivity contribution < 1.29 is 0 Å². The Kier molecular flexibility index (Phi) is 2.05. The third-order valence-electron chi connectivity index (χ3n) is 2.49. The molecule has 0 aromatic heterocycles. The van der Waals surface area contributed by atoms with Crippen LogP contribution in [-0.2, 0) is 5.54 Å². The lowest BCUT2D eigenvalue weighted by molar-refractivity contribution is 0.555. The van der Waals surface area contributed by atoms with E-state index < -0.39 is 0 Å². The average Bonchev–Trinajstić information content (AvgIpc) is 2.16. The number of fused-ring (bicyclic) bond motifs is 1. The van der Waals surface area contributed by atoms with E-state index in [0.717, 1.165) is 0 Å². The molecule has 0 spiro atoms. The minimum absolute atomic E-state index is 0.260.